The lowest BCUT2D eigenvalue weighted by molar-refractivity contribution is 0.113. The summed E-state index contributed by atoms with van der Waals surface area (Å²) in [6.45, 7) is -0.261. The van der Waals surface area contributed by atoms with Crippen LogP contribution in [0, 0.1) is 0 Å². The van der Waals surface area contributed by atoms with Crippen LogP contribution in [0.15, 0.2) is 17.2 Å². The molecule has 0 aliphatic rings. The van der Waals surface area contributed by atoms with Gasteiger partial charge in [-0.1, -0.05) is 11.6 Å². The summed E-state index contributed by atoms with van der Waals surface area (Å²) in [6.07, 6.45) is -0.748. The quantitative estimate of drug-likeness (QED) is 0.530. The van der Waals surface area contributed by atoms with Gasteiger partial charge < -0.3 is 15.9 Å². The Hall–Kier alpha value is -0.490. The van der Waals surface area contributed by atoms with E-state index in [4.69, 9.17) is 27.5 Å². The van der Waals surface area contributed by atoms with Crippen molar-refractivity contribution in [1.82, 2.24) is 4.98 Å². The summed E-state index contributed by atoms with van der Waals surface area (Å²) < 4.78 is 0. The maximum absolute atomic E-state index is 9.09. The highest BCUT2D eigenvalue weighted by molar-refractivity contribution is 7.99. The van der Waals surface area contributed by atoms with E-state index >= 15 is 0 Å². The van der Waals surface area contributed by atoms with Crippen molar-refractivity contribution in [1.29, 1.82) is 0 Å². The second kappa shape index (κ2) is 5.41. The highest BCUT2D eigenvalue weighted by Gasteiger charge is 2.05. The Morgan fingerprint density at radius 2 is 2.29 bits per heavy atom. The molecule has 0 bridgehead atoms. The molecule has 14 heavy (non-hydrogen) atoms. The first-order valence-electron chi connectivity index (χ1n) is 3.96. The number of nitrogens with zero attached hydrogens (tertiary/aromatic N) is 1. The summed E-state index contributed by atoms with van der Waals surface area (Å²) in [6, 6.07) is 3.22. The largest absolute Gasteiger partial charge is 0.399 e. The molecule has 1 rings (SSSR count). The molecule has 6 heteroatoms. The lowest BCUT2D eigenvalue weighted by Gasteiger charge is -2.06. The van der Waals surface area contributed by atoms with E-state index in [0.29, 0.717) is 21.6 Å². The van der Waals surface area contributed by atoms with Crippen molar-refractivity contribution in [3.05, 3.63) is 17.3 Å². The van der Waals surface area contributed by atoms with Gasteiger partial charge in [0.15, 0.2) is 0 Å². The summed E-state index contributed by atoms with van der Waals surface area (Å²) in [4.78, 5) is 4.00. The van der Waals surface area contributed by atoms with Crippen LogP contribution in [0.1, 0.15) is 0 Å². The van der Waals surface area contributed by atoms with Gasteiger partial charge >= 0.3 is 0 Å². The normalized spacial score (nSPS) is 12.8. The second-order valence-corrected chi connectivity index (χ2v) is 4.14. The number of anilines is 1. The van der Waals surface area contributed by atoms with E-state index < -0.39 is 6.10 Å². The zero-order chi connectivity index (χ0) is 10.6. The Bertz CT molecular complexity index is 291. The van der Waals surface area contributed by atoms with E-state index in [9.17, 15) is 0 Å². The van der Waals surface area contributed by atoms with Gasteiger partial charge in [-0.3, -0.25) is 0 Å². The van der Waals surface area contributed by atoms with Crippen LogP contribution >= 0.6 is 23.4 Å². The first-order valence-corrected chi connectivity index (χ1v) is 5.33. The third kappa shape index (κ3) is 3.71. The molecule has 4 N–H and O–H groups in total. The molecule has 1 aromatic heterocycles. The van der Waals surface area contributed by atoms with Gasteiger partial charge in [0.1, 0.15) is 5.15 Å². The maximum Gasteiger partial charge on any atom is 0.132 e. The van der Waals surface area contributed by atoms with Crippen molar-refractivity contribution in [2.45, 2.75) is 11.1 Å². The molecule has 1 atom stereocenters. The summed E-state index contributed by atoms with van der Waals surface area (Å²) in [5, 5.41) is 18.6. The van der Waals surface area contributed by atoms with Gasteiger partial charge in [-0.15, -0.1) is 11.8 Å². The number of nitrogens with two attached hydrogens (primary N) is 1. The van der Waals surface area contributed by atoms with Crippen LogP contribution in [0.2, 0.25) is 5.15 Å². The van der Waals surface area contributed by atoms with E-state index in [-0.39, 0.29) is 6.61 Å². The minimum Gasteiger partial charge on any atom is -0.399 e. The van der Waals surface area contributed by atoms with Gasteiger partial charge in [0.2, 0.25) is 0 Å². The fourth-order valence-corrected chi connectivity index (χ4v) is 1.92. The topological polar surface area (TPSA) is 79.4 Å². The number of thioether (sulfide) groups is 1. The Labute approximate surface area is 91.1 Å². The average molecular weight is 235 g/mol. The van der Waals surface area contributed by atoms with E-state index in [0.717, 1.165) is 0 Å². The van der Waals surface area contributed by atoms with E-state index in [2.05, 4.69) is 4.98 Å². The number of hydrogen-bond donors (Lipinski definition) is 3. The fourth-order valence-electron chi connectivity index (χ4n) is 0.800. The average Bonchev–Trinajstić information content (AvgIpc) is 2.12. The third-order valence-corrected chi connectivity index (χ3v) is 2.68. The second-order valence-electron chi connectivity index (χ2n) is 2.71. The fraction of sp³-hybridized carbons (Fsp3) is 0.375. The van der Waals surface area contributed by atoms with Crippen molar-refractivity contribution in [2.24, 2.45) is 0 Å². The number of pyridine rings is 1. The number of nitrogen functional groups attached to an aromatic ring is 1. The minimum absolute atomic E-state index is 0.261. The summed E-state index contributed by atoms with van der Waals surface area (Å²) in [5.74, 6) is 0.364. The van der Waals surface area contributed by atoms with Crippen LogP contribution in [0.3, 0.4) is 0 Å². The smallest absolute Gasteiger partial charge is 0.132 e. The molecule has 1 heterocycles. The standard InChI is InChI=1S/C8H11ClN2O2S/c9-7-1-5(10)2-8(11-7)14-4-6(13)3-12/h1-2,6,12-13H,3-4H2,(H2,10,11). The molecule has 1 unspecified atom stereocenters. The number of aromatic nitrogens is 1. The predicted molar refractivity (Wildman–Crippen MR) is 57.5 cm³/mol. The first-order chi connectivity index (χ1) is 6.61. The molecule has 0 radical (unpaired) electrons. The number of aliphatic hydroxyl groups excluding tert-OH is 2. The Morgan fingerprint density at radius 3 is 2.86 bits per heavy atom. The minimum atomic E-state index is -0.748. The molecular weight excluding hydrogens is 224 g/mol. The van der Waals surface area contributed by atoms with Crippen molar-refractivity contribution in [3.8, 4) is 0 Å². The van der Waals surface area contributed by atoms with Crippen LogP contribution in [-0.4, -0.2) is 33.7 Å². The molecule has 0 fully saturated rings. The van der Waals surface area contributed by atoms with Crippen LogP contribution in [0.4, 0.5) is 5.69 Å². The molecule has 1 aromatic rings. The molecule has 0 aliphatic carbocycles. The van der Waals surface area contributed by atoms with Gasteiger partial charge in [-0.05, 0) is 12.1 Å². The van der Waals surface area contributed by atoms with Crippen molar-refractivity contribution in [2.75, 3.05) is 18.1 Å². The number of halogens is 1. The van der Waals surface area contributed by atoms with Crippen LogP contribution in [0.25, 0.3) is 0 Å². The lowest BCUT2D eigenvalue weighted by atomic mass is 10.4. The summed E-state index contributed by atoms with van der Waals surface area (Å²) in [5.41, 5.74) is 6.08. The van der Waals surface area contributed by atoms with Gasteiger partial charge in [-0.2, -0.15) is 0 Å². The Balaban J connectivity index is 2.58. The molecule has 0 aliphatic heterocycles. The number of rotatable bonds is 4. The number of hydrogen-bond acceptors (Lipinski definition) is 5. The van der Waals surface area contributed by atoms with Gasteiger partial charge in [0.25, 0.3) is 0 Å². The predicted octanol–water partition coefficient (Wildman–Crippen LogP) is 0.762. The van der Waals surface area contributed by atoms with Crippen LogP contribution < -0.4 is 5.73 Å². The molecule has 0 spiro atoms. The van der Waals surface area contributed by atoms with Crippen molar-refractivity contribution in [3.63, 3.8) is 0 Å². The zero-order valence-electron chi connectivity index (χ0n) is 7.35. The SMILES string of the molecule is Nc1cc(Cl)nc(SCC(O)CO)c1. The Kier molecular flexibility index (Phi) is 4.47. The van der Waals surface area contributed by atoms with E-state index in [1.165, 1.54) is 11.8 Å². The lowest BCUT2D eigenvalue weighted by Crippen LogP contribution is -2.14. The van der Waals surface area contributed by atoms with Crippen molar-refractivity contribution < 1.29 is 10.2 Å². The Morgan fingerprint density at radius 1 is 1.57 bits per heavy atom. The summed E-state index contributed by atoms with van der Waals surface area (Å²) in [7, 11) is 0. The van der Waals surface area contributed by atoms with E-state index in [1.807, 2.05) is 0 Å². The molecule has 0 amide bonds. The highest BCUT2D eigenvalue weighted by atomic mass is 35.5. The monoisotopic (exact) mass is 234 g/mol. The van der Waals surface area contributed by atoms with Crippen molar-refractivity contribution >= 4 is 29.1 Å². The highest BCUT2D eigenvalue weighted by Crippen LogP contribution is 2.21. The van der Waals surface area contributed by atoms with E-state index in [1.54, 1.807) is 12.1 Å². The molecule has 4 nitrogen and oxygen atoms in total. The van der Waals surface area contributed by atoms with Gasteiger partial charge in [-0.25, -0.2) is 4.98 Å². The molecule has 0 saturated carbocycles. The molecule has 78 valence electrons. The number of aliphatic hydroxyl groups is 2. The maximum atomic E-state index is 9.09. The van der Waals surface area contributed by atoms with Gasteiger partial charge in [0, 0.05) is 11.4 Å². The molecule has 0 aromatic carbocycles. The first kappa shape index (κ1) is 11.6. The van der Waals surface area contributed by atoms with Crippen LogP contribution in [-0.2, 0) is 0 Å². The summed E-state index contributed by atoms with van der Waals surface area (Å²) >= 11 is 6.98. The zero-order valence-corrected chi connectivity index (χ0v) is 8.92. The third-order valence-electron chi connectivity index (χ3n) is 1.43. The van der Waals surface area contributed by atoms with Crippen LogP contribution in [0.5, 0.6) is 0 Å². The molecule has 0 saturated heterocycles. The molecular formula is C8H11ClN2O2S. The van der Waals surface area contributed by atoms with Gasteiger partial charge in [0.05, 0.1) is 17.7 Å².